The Morgan fingerprint density at radius 2 is 1.85 bits per heavy atom. The van der Waals surface area contributed by atoms with Gasteiger partial charge in [0.2, 0.25) is 0 Å². The molecule has 27 heavy (non-hydrogen) atoms. The normalized spacial score (nSPS) is 15.1. The van der Waals surface area contributed by atoms with Gasteiger partial charge in [-0.2, -0.15) is 0 Å². The van der Waals surface area contributed by atoms with Gasteiger partial charge >= 0.3 is 0 Å². The second-order valence-corrected chi connectivity index (χ2v) is 7.36. The van der Waals surface area contributed by atoms with Crippen molar-refractivity contribution in [2.75, 3.05) is 39.5 Å². The molecule has 0 atom stereocenters. The zero-order chi connectivity index (χ0) is 18.6. The summed E-state index contributed by atoms with van der Waals surface area (Å²) in [7, 11) is 0. The first-order chi connectivity index (χ1) is 13.2. The van der Waals surface area contributed by atoms with Crippen LogP contribution in [0.25, 0.3) is 22.1 Å². The van der Waals surface area contributed by atoms with Crippen molar-refractivity contribution in [3.05, 3.63) is 63.4 Å². The molecule has 1 aromatic heterocycles. The lowest BCUT2D eigenvalue weighted by atomic mass is 10.1. The third kappa shape index (κ3) is 4.24. The van der Waals surface area contributed by atoms with E-state index in [4.69, 9.17) is 13.9 Å². The Morgan fingerprint density at radius 3 is 2.63 bits per heavy atom. The van der Waals surface area contributed by atoms with Crippen LogP contribution in [0.3, 0.4) is 0 Å². The van der Waals surface area contributed by atoms with Gasteiger partial charge in [-0.3, -0.25) is 9.69 Å². The van der Waals surface area contributed by atoms with Crippen LogP contribution in [0.1, 0.15) is 0 Å². The topological polar surface area (TPSA) is 51.9 Å². The zero-order valence-corrected chi connectivity index (χ0v) is 16.4. The van der Waals surface area contributed by atoms with Gasteiger partial charge in [-0.1, -0.05) is 28.1 Å². The van der Waals surface area contributed by atoms with Crippen molar-refractivity contribution < 1.29 is 13.9 Å². The Hall–Kier alpha value is -2.15. The molecule has 0 saturated carbocycles. The van der Waals surface area contributed by atoms with Gasteiger partial charge in [0.15, 0.2) is 5.43 Å². The smallest absolute Gasteiger partial charge is 0.200 e. The van der Waals surface area contributed by atoms with Crippen LogP contribution in [0.4, 0.5) is 0 Å². The van der Waals surface area contributed by atoms with E-state index >= 15 is 0 Å². The molecule has 140 valence electrons. The molecule has 0 N–H and O–H groups in total. The summed E-state index contributed by atoms with van der Waals surface area (Å²) in [5, 5.41) is 0.552. The molecule has 0 aliphatic carbocycles. The van der Waals surface area contributed by atoms with Crippen molar-refractivity contribution in [2.45, 2.75) is 0 Å². The summed E-state index contributed by atoms with van der Waals surface area (Å²) in [4.78, 5) is 15.1. The highest BCUT2D eigenvalue weighted by Crippen LogP contribution is 2.24. The van der Waals surface area contributed by atoms with Gasteiger partial charge in [0.1, 0.15) is 24.2 Å². The fourth-order valence-corrected chi connectivity index (χ4v) is 3.41. The van der Waals surface area contributed by atoms with Gasteiger partial charge in [0, 0.05) is 30.2 Å². The number of benzene rings is 2. The van der Waals surface area contributed by atoms with Crippen molar-refractivity contribution in [3.8, 4) is 16.9 Å². The molecule has 0 amide bonds. The Morgan fingerprint density at radius 1 is 1.07 bits per heavy atom. The number of nitrogens with zero attached hydrogens (tertiary/aromatic N) is 1. The van der Waals surface area contributed by atoms with Gasteiger partial charge in [-0.25, -0.2) is 0 Å². The molecule has 1 aliphatic heterocycles. The molecule has 1 saturated heterocycles. The predicted molar refractivity (Wildman–Crippen MR) is 108 cm³/mol. The van der Waals surface area contributed by atoms with E-state index in [1.54, 1.807) is 12.1 Å². The summed E-state index contributed by atoms with van der Waals surface area (Å²) in [5.74, 6) is 0.704. The van der Waals surface area contributed by atoms with E-state index in [9.17, 15) is 4.79 Å². The van der Waals surface area contributed by atoms with Gasteiger partial charge in [0.05, 0.1) is 24.2 Å². The van der Waals surface area contributed by atoms with E-state index in [2.05, 4.69) is 20.8 Å². The third-order valence-electron chi connectivity index (χ3n) is 4.68. The molecule has 0 unspecified atom stereocenters. The first kappa shape index (κ1) is 18.2. The van der Waals surface area contributed by atoms with E-state index < -0.39 is 0 Å². The van der Waals surface area contributed by atoms with Crippen LogP contribution >= 0.6 is 15.9 Å². The number of hydrogen-bond acceptors (Lipinski definition) is 5. The van der Waals surface area contributed by atoms with Gasteiger partial charge in [-0.05, 0) is 29.8 Å². The first-order valence-electron chi connectivity index (χ1n) is 8.95. The van der Waals surface area contributed by atoms with Gasteiger partial charge in [0.25, 0.3) is 0 Å². The van der Waals surface area contributed by atoms with Crippen molar-refractivity contribution in [1.29, 1.82) is 0 Å². The first-order valence-corrected chi connectivity index (χ1v) is 9.74. The minimum absolute atomic E-state index is 0.0431. The van der Waals surface area contributed by atoms with Crippen LogP contribution < -0.4 is 10.2 Å². The summed E-state index contributed by atoms with van der Waals surface area (Å²) in [6.45, 7) is 4.88. The van der Waals surface area contributed by atoms with Crippen LogP contribution in [0, 0.1) is 0 Å². The average molecular weight is 430 g/mol. The largest absolute Gasteiger partial charge is 0.492 e. The molecule has 1 aliphatic rings. The number of fused-ring (bicyclic) bond motifs is 1. The maximum absolute atomic E-state index is 12.8. The number of ether oxygens (including phenoxy) is 2. The number of hydrogen-bond donors (Lipinski definition) is 0. The van der Waals surface area contributed by atoms with E-state index in [0.29, 0.717) is 28.9 Å². The van der Waals surface area contributed by atoms with E-state index in [1.807, 2.05) is 30.3 Å². The van der Waals surface area contributed by atoms with Crippen molar-refractivity contribution in [1.82, 2.24) is 4.90 Å². The summed E-state index contributed by atoms with van der Waals surface area (Å²) in [5.41, 5.74) is 1.87. The average Bonchev–Trinajstić information content (AvgIpc) is 2.70. The van der Waals surface area contributed by atoms with E-state index in [1.165, 1.54) is 6.26 Å². The van der Waals surface area contributed by atoms with Crippen molar-refractivity contribution >= 4 is 26.9 Å². The van der Waals surface area contributed by atoms with Crippen molar-refractivity contribution in [3.63, 3.8) is 0 Å². The third-order valence-corrected chi connectivity index (χ3v) is 5.21. The van der Waals surface area contributed by atoms with Gasteiger partial charge in [-0.15, -0.1) is 0 Å². The Bertz CT molecular complexity index is 978. The fourth-order valence-electron chi connectivity index (χ4n) is 3.14. The highest BCUT2D eigenvalue weighted by molar-refractivity contribution is 9.10. The van der Waals surface area contributed by atoms with Crippen molar-refractivity contribution in [2.24, 2.45) is 0 Å². The number of morpholine rings is 1. The zero-order valence-electron chi connectivity index (χ0n) is 14.8. The lowest BCUT2D eigenvalue weighted by Crippen LogP contribution is -2.38. The SMILES string of the molecule is O=c1c(-c2ccc(Br)cc2)coc2cc(OCCN3CCOCC3)ccc12. The maximum atomic E-state index is 12.8. The quantitative estimate of drug-likeness (QED) is 0.614. The fraction of sp³-hybridized carbons (Fsp3) is 0.286. The molecule has 2 aromatic carbocycles. The second-order valence-electron chi connectivity index (χ2n) is 6.45. The van der Waals surface area contributed by atoms with Crippen LogP contribution in [0.5, 0.6) is 5.75 Å². The van der Waals surface area contributed by atoms with E-state index in [-0.39, 0.29) is 5.43 Å². The minimum Gasteiger partial charge on any atom is -0.492 e. The molecule has 0 bridgehead atoms. The minimum atomic E-state index is -0.0431. The highest BCUT2D eigenvalue weighted by Gasteiger charge is 2.12. The Labute approximate surface area is 165 Å². The van der Waals surface area contributed by atoms with Crippen LogP contribution in [-0.4, -0.2) is 44.4 Å². The summed E-state index contributed by atoms with van der Waals surface area (Å²) in [6.07, 6.45) is 1.52. The Balaban J connectivity index is 1.50. The van der Waals surface area contributed by atoms with E-state index in [0.717, 1.165) is 42.9 Å². The molecule has 3 aromatic rings. The lowest BCUT2D eigenvalue weighted by molar-refractivity contribution is 0.0322. The second kappa shape index (κ2) is 8.25. The molecule has 6 heteroatoms. The summed E-state index contributed by atoms with van der Waals surface area (Å²) >= 11 is 3.41. The molecular weight excluding hydrogens is 410 g/mol. The molecule has 0 spiro atoms. The van der Waals surface area contributed by atoms with Crippen LogP contribution in [-0.2, 0) is 4.74 Å². The predicted octanol–water partition coefficient (Wildman–Crippen LogP) is 3.93. The maximum Gasteiger partial charge on any atom is 0.200 e. The van der Waals surface area contributed by atoms with Crippen LogP contribution in [0.2, 0.25) is 0 Å². The monoisotopic (exact) mass is 429 g/mol. The molecule has 0 radical (unpaired) electrons. The highest BCUT2D eigenvalue weighted by atomic mass is 79.9. The lowest BCUT2D eigenvalue weighted by Gasteiger charge is -2.26. The molecule has 1 fully saturated rings. The molecule has 5 nitrogen and oxygen atoms in total. The standard InChI is InChI=1S/C21H20BrNO4/c22-16-3-1-15(2-4-16)19-14-27-20-13-17(5-6-18(20)21(19)24)26-12-9-23-7-10-25-11-8-23/h1-6,13-14H,7-12H2. The van der Waals surface area contributed by atoms with Crippen LogP contribution in [0.15, 0.2) is 62.4 Å². The number of halogens is 1. The molecule has 4 rings (SSSR count). The molecule has 2 heterocycles. The molecular formula is C21H20BrNO4. The van der Waals surface area contributed by atoms with Gasteiger partial charge < -0.3 is 13.9 Å². The number of rotatable bonds is 5. The summed E-state index contributed by atoms with van der Waals surface area (Å²) in [6, 6.07) is 13.0. The summed E-state index contributed by atoms with van der Waals surface area (Å²) < 4.78 is 17.9. The Kier molecular flexibility index (Phi) is 5.57.